The van der Waals surface area contributed by atoms with Crippen molar-refractivity contribution in [3.8, 4) is 0 Å². The molecule has 0 aliphatic carbocycles. The summed E-state index contributed by atoms with van der Waals surface area (Å²) in [6.07, 6.45) is 0.818. The highest BCUT2D eigenvalue weighted by molar-refractivity contribution is 7.10. The van der Waals surface area contributed by atoms with Gasteiger partial charge in [-0.05, 0) is 25.4 Å². The lowest BCUT2D eigenvalue weighted by Crippen LogP contribution is -2.46. The van der Waals surface area contributed by atoms with Crippen molar-refractivity contribution in [1.29, 1.82) is 0 Å². The van der Waals surface area contributed by atoms with E-state index < -0.39 is 0 Å². The fourth-order valence-corrected chi connectivity index (χ4v) is 4.10. The molecule has 0 radical (unpaired) electrons. The number of hydrogen-bond acceptors (Lipinski definition) is 6. The molecular formula is C16H24N2O3S. The lowest BCUT2D eigenvalue weighted by Gasteiger charge is -2.37. The number of esters is 1. The summed E-state index contributed by atoms with van der Waals surface area (Å²) < 4.78 is 10.8. The quantitative estimate of drug-likeness (QED) is 0.772. The molecule has 1 aromatic heterocycles. The average Bonchev–Trinajstić information content (AvgIpc) is 3.15. The number of likely N-dealkylation sites (N-methyl/N-ethyl adjacent to an activating group) is 1. The zero-order valence-electron chi connectivity index (χ0n) is 13.2. The minimum Gasteiger partial charge on any atom is -0.461 e. The minimum atomic E-state index is -0.112. The summed E-state index contributed by atoms with van der Waals surface area (Å²) in [6, 6.07) is 4.49. The van der Waals surface area contributed by atoms with Crippen molar-refractivity contribution < 1.29 is 14.3 Å². The SMILES string of the molecule is C[C@@H]1C[C@@H](N(C)C[C@H](c2cccs2)N2CCOCC2)C(=O)O1. The van der Waals surface area contributed by atoms with E-state index in [-0.39, 0.29) is 18.1 Å². The van der Waals surface area contributed by atoms with E-state index in [9.17, 15) is 4.79 Å². The van der Waals surface area contributed by atoms with E-state index in [1.165, 1.54) is 4.88 Å². The fourth-order valence-electron chi connectivity index (χ4n) is 3.25. The van der Waals surface area contributed by atoms with Gasteiger partial charge in [-0.25, -0.2) is 0 Å². The Balaban J connectivity index is 1.71. The normalized spacial score (nSPS) is 28.0. The predicted molar refractivity (Wildman–Crippen MR) is 86.0 cm³/mol. The summed E-state index contributed by atoms with van der Waals surface area (Å²) in [7, 11) is 2.03. The molecule has 6 heteroatoms. The van der Waals surface area contributed by atoms with Crippen LogP contribution < -0.4 is 0 Å². The van der Waals surface area contributed by atoms with Crippen LogP contribution in [0.25, 0.3) is 0 Å². The van der Waals surface area contributed by atoms with Crippen molar-refractivity contribution in [3.05, 3.63) is 22.4 Å². The second kappa shape index (κ2) is 7.08. The van der Waals surface area contributed by atoms with Gasteiger partial charge < -0.3 is 9.47 Å². The largest absolute Gasteiger partial charge is 0.461 e. The highest BCUT2D eigenvalue weighted by Gasteiger charge is 2.36. The van der Waals surface area contributed by atoms with E-state index in [0.29, 0.717) is 6.04 Å². The van der Waals surface area contributed by atoms with Crippen LogP contribution in [-0.2, 0) is 14.3 Å². The zero-order valence-corrected chi connectivity index (χ0v) is 14.1. The van der Waals surface area contributed by atoms with Gasteiger partial charge in [-0.3, -0.25) is 14.6 Å². The van der Waals surface area contributed by atoms with Crippen LogP contribution in [0.2, 0.25) is 0 Å². The molecule has 0 bridgehead atoms. The Morgan fingerprint density at radius 2 is 2.23 bits per heavy atom. The van der Waals surface area contributed by atoms with Gasteiger partial charge in [-0.2, -0.15) is 0 Å². The van der Waals surface area contributed by atoms with Gasteiger partial charge in [0.2, 0.25) is 0 Å². The van der Waals surface area contributed by atoms with Crippen molar-refractivity contribution in [2.75, 3.05) is 39.9 Å². The number of cyclic esters (lactones) is 1. The first kappa shape index (κ1) is 15.9. The molecule has 122 valence electrons. The first-order valence-corrected chi connectivity index (χ1v) is 8.79. The van der Waals surface area contributed by atoms with Crippen molar-refractivity contribution >= 4 is 17.3 Å². The number of carbonyl (C=O) groups excluding carboxylic acids is 1. The molecule has 2 aliphatic heterocycles. The molecule has 2 saturated heterocycles. The third-order valence-corrected chi connectivity index (χ3v) is 5.47. The predicted octanol–water partition coefficient (Wildman–Crippen LogP) is 1.76. The maximum absolute atomic E-state index is 12.0. The third kappa shape index (κ3) is 3.51. The molecule has 3 rings (SSSR count). The molecule has 22 heavy (non-hydrogen) atoms. The maximum Gasteiger partial charge on any atom is 0.323 e. The highest BCUT2D eigenvalue weighted by atomic mass is 32.1. The summed E-state index contributed by atoms with van der Waals surface area (Å²) in [6.45, 7) is 6.27. The smallest absolute Gasteiger partial charge is 0.323 e. The molecule has 3 heterocycles. The Morgan fingerprint density at radius 3 is 2.82 bits per heavy atom. The van der Waals surface area contributed by atoms with Crippen LogP contribution in [0.15, 0.2) is 17.5 Å². The number of rotatable bonds is 5. The highest BCUT2D eigenvalue weighted by Crippen LogP contribution is 2.29. The van der Waals surface area contributed by atoms with E-state index in [4.69, 9.17) is 9.47 Å². The van der Waals surface area contributed by atoms with E-state index in [1.54, 1.807) is 11.3 Å². The van der Waals surface area contributed by atoms with Crippen LogP contribution in [0.4, 0.5) is 0 Å². The van der Waals surface area contributed by atoms with Crippen LogP contribution in [0.5, 0.6) is 0 Å². The number of carbonyl (C=O) groups is 1. The third-order valence-electron chi connectivity index (χ3n) is 4.50. The molecular weight excluding hydrogens is 300 g/mol. The van der Waals surface area contributed by atoms with Crippen LogP contribution in [-0.4, -0.2) is 67.8 Å². The second-order valence-corrected chi connectivity index (χ2v) is 7.10. The first-order valence-electron chi connectivity index (χ1n) is 7.91. The van der Waals surface area contributed by atoms with Crippen molar-refractivity contribution in [3.63, 3.8) is 0 Å². The van der Waals surface area contributed by atoms with Gasteiger partial charge in [0.05, 0.1) is 19.3 Å². The van der Waals surface area contributed by atoms with E-state index in [2.05, 4.69) is 27.3 Å². The molecule has 1 aromatic rings. The second-order valence-electron chi connectivity index (χ2n) is 6.12. The van der Waals surface area contributed by atoms with Gasteiger partial charge in [-0.1, -0.05) is 6.07 Å². The molecule has 0 amide bonds. The molecule has 3 atom stereocenters. The van der Waals surface area contributed by atoms with Gasteiger partial charge in [0.25, 0.3) is 0 Å². The Morgan fingerprint density at radius 1 is 1.45 bits per heavy atom. The lowest BCUT2D eigenvalue weighted by molar-refractivity contribution is -0.144. The summed E-state index contributed by atoms with van der Waals surface area (Å²) in [4.78, 5) is 18.0. The summed E-state index contributed by atoms with van der Waals surface area (Å²) in [5, 5.41) is 2.12. The Bertz CT molecular complexity index is 488. The number of thiophene rings is 1. The topological polar surface area (TPSA) is 42.0 Å². The summed E-state index contributed by atoms with van der Waals surface area (Å²) in [5.74, 6) is -0.0816. The van der Waals surface area contributed by atoms with E-state index in [1.807, 2.05) is 14.0 Å². The standard InChI is InChI=1S/C16H24N2O3S/c1-12-10-13(16(19)21-12)17(2)11-14(15-4-3-9-22-15)18-5-7-20-8-6-18/h3-4,9,12-14H,5-8,10-11H2,1-2H3/t12-,13-,14-/m1/s1. The maximum atomic E-state index is 12.0. The van der Waals surface area contributed by atoms with Crippen LogP contribution in [0.1, 0.15) is 24.3 Å². The zero-order chi connectivity index (χ0) is 15.5. The molecule has 0 N–H and O–H groups in total. The number of ether oxygens (including phenoxy) is 2. The molecule has 2 aliphatic rings. The van der Waals surface area contributed by atoms with Gasteiger partial charge in [0, 0.05) is 30.9 Å². The van der Waals surface area contributed by atoms with Crippen LogP contribution in [0, 0.1) is 0 Å². The monoisotopic (exact) mass is 324 g/mol. The van der Waals surface area contributed by atoms with Crippen molar-refractivity contribution in [2.45, 2.75) is 31.5 Å². The molecule has 0 saturated carbocycles. The molecule has 0 unspecified atom stereocenters. The minimum absolute atomic E-state index is 0.0310. The average molecular weight is 324 g/mol. The lowest BCUT2D eigenvalue weighted by atomic mass is 10.1. The van der Waals surface area contributed by atoms with E-state index in [0.717, 1.165) is 39.3 Å². The molecule has 2 fully saturated rings. The number of hydrogen-bond donors (Lipinski definition) is 0. The Labute approximate surface area is 135 Å². The van der Waals surface area contributed by atoms with Gasteiger partial charge in [0.1, 0.15) is 12.1 Å². The van der Waals surface area contributed by atoms with Crippen molar-refractivity contribution in [2.24, 2.45) is 0 Å². The van der Waals surface area contributed by atoms with Crippen LogP contribution in [0.3, 0.4) is 0 Å². The van der Waals surface area contributed by atoms with Crippen molar-refractivity contribution in [1.82, 2.24) is 9.80 Å². The fraction of sp³-hybridized carbons (Fsp3) is 0.688. The molecule has 0 spiro atoms. The molecule has 0 aromatic carbocycles. The summed E-state index contributed by atoms with van der Waals surface area (Å²) in [5.41, 5.74) is 0. The first-order chi connectivity index (χ1) is 10.6. The van der Waals surface area contributed by atoms with E-state index >= 15 is 0 Å². The number of morpholine rings is 1. The van der Waals surface area contributed by atoms with Gasteiger partial charge in [0.15, 0.2) is 0 Å². The van der Waals surface area contributed by atoms with Gasteiger partial charge >= 0.3 is 5.97 Å². The molecule has 5 nitrogen and oxygen atoms in total. The van der Waals surface area contributed by atoms with Crippen LogP contribution >= 0.6 is 11.3 Å². The Kier molecular flexibility index (Phi) is 5.13. The number of nitrogens with zero attached hydrogens (tertiary/aromatic N) is 2. The summed E-state index contributed by atoms with van der Waals surface area (Å²) >= 11 is 1.79. The van der Waals surface area contributed by atoms with Gasteiger partial charge in [-0.15, -0.1) is 11.3 Å². The Hall–Kier alpha value is -0.950.